The molecule has 1 fully saturated rings. The van der Waals surface area contributed by atoms with Gasteiger partial charge in [-0.25, -0.2) is 40.7 Å². The second-order valence-corrected chi connectivity index (χ2v) is 10.1. The van der Waals surface area contributed by atoms with Crippen LogP contribution in [-0.2, 0) is 18.5 Å². The van der Waals surface area contributed by atoms with Crippen LogP contribution in [0.25, 0.3) is 16.7 Å². The van der Waals surface area contributed by atoms with Crippen LogP contribution >= 0.6 is 0 Å². The van der Waals surface area contributed by atoms with Gasteiger partial charge in [-0.15, -0.1) is 0 Å². The third-order valence-corrected chi connectivity index (χ3v) is 7.14. The zero-order chi connectivity index (χ0) is 41.9. The van der Waals surface area contributed by atoms with Gasteiger partial charge in [0.15, 0.2) is 52.1 Å². The summed E-state index contributed by atoms with van der Waals surface area (Å²) in [5, 5.41) is 56.9. The van der Waals surface area contributed by atoms with Crippen molar-refractivity contribution in [2.45, 2.75) is 18.5 Å². The van der Waals surface area contributed by atoms with Gasteiger partial charge in [0.1, 0.15) is 53.1 Å². The second-order valence-electron chi connectivity index (χ2n) is 10.1. The van der Waals surface area contributed by atoms with Crippen LogP contribution in [0.5, 0.6) is 0 Å². The predicted molar refractivity (Wildman–Crippen MR) is 141 cm³/mol. The van der Waals surface area contributed by atoms with Crippen LogP contribution in [0.4, 0.5) is 70.2 Å². The van der Waals surface area contributed by atoms with Gasteiger partial charge >= 0.3 is 18.5 Å². The minimum Gasteiger partial charge on any atom is -0.219 e. The molecule has 2 aromatic carbocycles. The second kappa shape index (κ2) is 13.5. The lowest BCUT2D eigenvalue weighted by Gasteiger charge is -2.18. The molecule has 0 N–H and O–H groups in total. The molecule has 1 aromatic heterocycles. The van der Waals surface area contributed by atoms with E-state index in [0.29, 0.717) is 12.1 Å². The first-order valence-electron chi connectivity index (χ1n) is 13.3. The van der Waals surface area contributed by atoms with Crippen LogP contribution in [0.3, 0.4) is 0 Å². The molecule has 8 nitrogen and oxygen atoms in total. The first kappa shape index (κ1) is 40.3. The Morgan fingerprint density at radius 1 is 0.382 bits per heavy atom. The van der Waals surface area contributed by atoms with E-state index in [9.17, 15) is 73.7 Å². The minimum atomic E-state index is -6.44. The van der Waals surface area contributed by atoms with E-state index in [2.05, 4.69) is 0 Å². The van der Waals surface area contributed by atoms with Crippen molar-refractivity contribution in [3.63, 3.8) is 0 Å². The van der Waals surface area contributed by atoms with Crippen LogP contribution in [0, 0.1) is 109 Å². The van der Waals surface area contributed by atoms with Gasteiger partial charge in [-0.05, 0) is 0 Å². The summed E-state index contributed by atoms with van der Waals surface area (Å²) in [5.74, 6) is -21.3. The van der Waals surface area contributed by atoms with Gasteiger partial charge in [0, 0.05) is 16.7 Å². The number of hydrogen-bond donors (Lipinski definition) is 0. The molecular formula is C31F16N8. The van der Waals surface area contributed by atoms with E-state index in [1.807, 2.05) is 9.97 Å². The number of nitrogens with zero attached hydrogens (tertiary/aromatic N) is 8. The Kier molecular flexibility index (Phi) is 9.91. The molecule has 0 radical (unpaired) electrons. The maximum Gasteiger partial charge on any atom is 0.451 e. The Morgan fingerprint density at radius 2 is 0.673 bits per heavy atom. The SMILES string of the molecule is N#CC(=C1C(=C(\C#N)c2c(C(F)(F)F)nc(C(F)(F)F)nc2C(F)(F)F)/C1=C(\C#N)c1c(F)c(F)c(C#N)c(C#N)c1F)c1c(F)c(F)c(C#N)c(F)c1F. The third-order valence-electron chi connectivity index (χ3n) is 7.14. The molecule has 1 saturated carbocycles. The van der Waals surface area contributed by atoms with Gasteiger partial charge in [0.05, 0.1) is 33.4 Å². The molecule has 0 saturated heterocycles. The van der Waals surface area contributed by atoms with E-state index >= 15 is 17.6 Å². The highest BCUT2D eigenvalue weighted by atomic mass is 19.4. The van der Waals surface area contributed by atoms with E-state index in [4.69, 9.17) is 10.5 Å². The average Bonchev–Trinajstić information content (AvgIpc) is 3.81. The van der Waals surface area contributed by atoms with Gasteiger partial charge < -0.3 is 0 Å². The van der Waals surface area contributed by atoms with Crippen molar-refractivity contribution >= 4 is 16.7 Å². The van der Waals surface area contributed by atoms with Crippen LogP contribution in [0.15, 0.2) is 16.7 Å². The van der Waals surface area contributed by atoms with E-state index in [-0.39, 0.29) is 0 Å². The Bertz CT molecular complexity index is 2570. The van der Waals surface area contributed by atoms with Crippen molar-refractivity contribution in [1.29, 1.82) is 31.6 Å². The number of rotatable bonds is 3. The van der Waals surface area contributed by atoms with Gasteiger partial charge in [-0.2, -0.15) is 71.1 Å². The lowest BCUT2D eigenvalue weighted by molar-refractivity contribution is -0.159. The molecule has 276 valence electrons. The lowest BCUT2D eigenvalue weighted by atomic mass is 9.96. The normalized spacial score (nSPS) is 15.5. The zero-order valence-electron chi connectivity index (χ0n) is 25.1. The van der Waals surface area contributed by atoms with E-state index < -0.39 is 143 Å². The molecule has 24 heteroatoms. The largest absolute Gasteiger partial charge is 0.451 e. The van der Waals surface area contributed by atoms with Crippen LogP contribution in [0.2, 0.25) is 0 Å². The van der Waals surface area contributed by atoms with Crippen LogP contribution < -0.4 is 0 Å². The molecule has 1 heterocycles. The maximum atomic E-state index is 15.6. The fourth-order valence-electron chi connectivity index (χ4n) is 4.92. The molecule has 4 rings (SSSR count). The molecule has 55 heavy (non-hydrogen) atoms. The Hall–Kier alpha value is -7.44. The monoisotopic (exact) mass is 788 g/mol. The topological polar surface area (TPSA) is 169 Å². The predicted octanol–water partition coefficient (Wildman–Crippen LogP) is 8.37. The molecule has 3 aromatic rings. The van der Waals surface area contributed by atoms with Gasteiger partial charge in [0.25, 0.3) is 0 Å². The fourth-order valence-corrected chi connectivity index (χ4v) is 4.92. The number of aromatic nitrogens is 2. The standard InChI is InChI=1S/C31F16N8/c32-19-7(1-48)8(2-49)20(33)23(36)16(19)9(3-50)13-14(10(4-51)17-24(37)21(34)12(6-53)22(35)25(17)38)15(13)11(5-52)18-26(29(39,40)41)54-28(31(45,46)47)55-27(18)30(42,43)44/b13-9+,14-10?,15-11+. The molecule has 0 unspecified atom stereocenters. The number of halogens is 16. The minimum absolute atomic E-state index is 0.632. The first-order chi connectivity index (χ1) is 25.4. The number of nitriles is 6. The lowest BCUT2D eigenvalue weighted by Crippen LogP contribution is -2.25. The van der Waals surface area contributed by atoms with Crippen molar-refractivity contribution in [3.8, 4) is 36.4 Å². The van der Waals surface area contributed by atoms with Crippen molar-refractivity contribution in [2.24, 2.45) is 0 Å². The number of alkyl halides is 9. The number of hydrogen-bond acceptors (Lipinski definition) is 8. The summed E-state index contributed by atoms with van der Waals surface area (Å²) in [6, 6.07) is 4.67. The van der Waals surface area contributed by atoms with Gasteiger partial charge in [0.2, 0.25) is 5.82 Å². The molecule has 0 aliphatic heterocycles. The Balaban J connectivity index is 2.48. The summed E-state index contributed by atoms with van der Waals surface area (Å²) in [4.78, 5) is 4.04. The number of allylic oxidation sites excluding steroid dienone is 6. The van der Waals surface area contributed by atoms with Gasteiger partial charge in [-0.3, -0.25) is 0 Å². The zero-order valence-corrected chi connectivity index (χ0v) is 25.1. The summed E-state index contributed by atoms with van der Waals surface area (Å²) in [5.41, 5.74) is -30.9. The highest BCUT2D eigenvalue weighted by Crippen LogP contribution is 2.58. The summed E-state index contributed by atoms with van der Waals surface area (Å²) in [6.45, 7) is 0. The summed E-state index contributed by atoms with van der Waals surface area (Å²) >= 11 is 0. The molecule has 0 amide bonds. The summed E-state index contributed by atoms with van der Waals surface area (Å²) in [7, 11) is 0. The van der Waals surface area contributed by atoms with E-state index in [1.165, 1.54) is 0 Å². The molecule has 1 aliphatic rings. The van der Waals surface area contributed by atoms with E-state index in [1.54, 1.807) is 0 Å². The summed E-state index contributed by atoms with van der Waals surface area (Å²) < 4.78 is 231. The van der Waals surface area contributed by atoms with Crippen LogP contribution in [-0.4, -0.2) is 9.97 Å². The fraction of sp³-hybridized carbons (Fsp3) is 0.0968. The Morgan fingerprint density at radius 3 is 0.964 bits per heavy atom. The third kappa shape index (κ3) is 6.36. The quantitative estimate of drug-likeness (QED) is 0.145. The van der Waals surface area contributed by atoms with Crippen molar-refractivity contribution < 1.29 is 70.2 Å². The van der Waals surface area contributed by atoms with Crippen molar-refractivity contribution in [2.75, 3.05) is 0 Å². The summed E-state index contributed by atoms with van der Waals surface area (Å²) in [6.07, 6.45) is -19.1. The molecule has 0 bridgehead atoms. The first-order valence-corrected chi connectivity index (χ1v) is 13.3. The molecular weight excluding hydrogens is 788 g/mol. The maximum absolute atomic E-state index is 15.6. The average molecular weight is 788 g/mol. The van der Waals surface area contributed by atoms with Crippen molar-refractivity contribution in [1.82, 2.24) is 9.97 Å². The molecule has 0 spiro atoms. The van der Waals surface area contributed by atoms with E-state index in [0.717, 1.165) is 24.3 Å². The Labute approximate surface area is 291 Å². The highest BCUT2D eigenvalue weighted by Gasteiger charge is 2.52. The number of benzene rings is 2. The molecule has 1 aliphatic carbocycles. The molecule has 0 atom stereocenters. The smallest absolute Gasteiger partial charge is 0.219 e. The van der Waals surface area contributed by atoms with Gasteiger partial charge in [-0.1, -0.05) is 0 Å². The van der Waals surface area contributed by atoms with Crippen LogP contribution in [0.1, 0.15) is 50.6 Å². The van der Waals surface area contributed by atoms with Crippen molar-refractivity contribution in [3.05, 3.63) is 108 Å². The highest BCUT2D eigenvalue weighted by molar-refractivity contribution is 6.12.